The molecule has 0 amide bonds. The first-order valence-corrected chi connectivity index (χ1v) is 6.90. The molecule has 0 radical (unpaired) electrons. The summed E-state index contributed by atoms with van der Waals surface area (Å²) in [5.74, 6) is -0.268. The molecule has 0 aliphatic heterocycles. The van der Waals surface area contributed by atoms with E-state index in [4.69, 9.17) is 10.8 Å². The Kier molecular flexibility index (Phi) is 6.26. The first-order chi connectivity index (χ1) is 8.08. The van der Waals surface area contributed by atoms with Crippen LogP contribution in [0.15, 0.2) is 4.99 Å². The number of nitrogens with zero attached hydrogens (tertiary/aromatic N) is 1. The van der Waals surface area contributed by atoms with Gasteiger partial charge in [-0.05, 0) is 19.3 Å². The molecule has 0 aromatic carbocycles. The maximum absolute atomic E-state index is 9.68. The van der Waals surface area contributed by atoms with Gasteiger partial charge >= 0.3 is 0 Å². The highest BCUT2D eigenvalue weighted by Crippen LogP contribution is 2.32. The number of amidine groups is 1. The molecule has 0 aromatic heterocycles. The Morgan fingerprint density at radius 3 is 2.71 bits per heavy atom. The van der Waals surface area contributed by atoms with Crippen molar-refractivity contribution >= 4 is 16.9 Å². The van der Waals surface area contributed by atoms with E-state index in [1.54, 1.807) is 0 Å². The molecule has 5 nitrogen and oxygen atoms in total. The molecular formula is C11H22N2O3S. The predicted octanol–water partition coefficient (Wildman–Crippen LogP) is -0.0630. The van der Waals surface area contributed by atoms with Crippen molar-refractivity contribution in [3.05, 3.63) is 0 Å². The van der Waals surface area contributed by atoms with E-state index < -0.39 is 12.2 Å². The number of hydrogen-bond acceptors (Lipinski definition) is 5. The van der Waals surface area contributed by atoms with E-state index in [1.807, 2.05) is 6.92 Å². The molecule has 0 bridgehead atoms. The minimum absolute atomic E-state index is 0.110. The molecule has 1 aliphatic carbocycles. The molecular weight excluding hydrogens is 240 g/mol. The summed E-state index contributed by atoms with van der Waals surface area (Å²) in [6.07, 6.45) is 0.488. The van der Waals surface area contributed by atoms with Crippen molar-refractivity contribution in [2.75, 3.05) is 13.2 Å². The highest BCUT2D eigenvalue weighted by atomic mass is 32.2. The van der Waals surface area contributed by atoms with Crippen LogP contribution in [0.4, 0.5) is 0 Å². The van der Waals surface area contributed by atoms with Crippen molar-refractivity contribution in [1.82, 2.24) is 0 Å². The van der Waals surface area contributed by atoms with Gasteiger partial charge in [-0.15, -0.1) is 0 Å². The Hall–Kier alpha value is -0.300. The van der Waals surface area contributed by atoms with Crippen LogP contribution in [0.5, 0.6) is 0 Å². The van der Waals surface area contributed by atoms with Gasteiger partial charge in [-0.3, -0.25) is 4.99 Å². The summed E-state index contributed by atoms with van der Waals surface area (Å²) in [5, 5.41) is 29.1. The molecule has 1 rings (SSSR count). The maximum Gasteiger partial charge on any atom is 0.154 e. The Labute approximate surface area is 106 Å². The van der Waals surface area contributed by atoms with E-state index in [2.05, 4.69) is 4.99 Å². The average Bonchev–Trinajstić information content (AvgIpc) is 2.31. The lowest BCUT2D eigenvalue weighted by Gasteiger charge is -2.35. The summed E-state index contributed by atoms with van der Waals surface area (Å²) in [7, 11) is 0. The first-order valence-electron chi connectivity index (χ1n) is 6.02. The van der Waals surface area contributed by atoms with E-state index >= 15 is 0 Å². The van der Waals surface area contributed by atoms with E-state index in [0.29, 0.717) is 24.6 Å². The Balaban J connectivity index is 2.49. The van der Waals surface area contributed by atoms with Crippen LogP contribution in [0, 0.1) is 5.92 Å². The van der Waals surface area contributed by atoms with Gasteiger partial charge in [-0.1, -0.05) is 18.7 Å². The minimum Gasteiger partial charge on any atom is -0.396 e. The highest BCUT2D eigenvalue weighted by molar-refractivity contribution is 8.14. The van der Waals surface area contributed by atoms with Gasteiger partial charge in [-0.2, -0.15) is 0 Å². The van der Waals surface area contributed by atoms with E-state index in [0.717, 1.165) is 6.42 Å². The molecule has 0 spiro atoms. The lowest BCUT2D eigenvalue weighted by atomic mass is 9.85. The number of thioether (sulfide) groups is 1. The fourth-order valence-electron chi connectivity index (χ4n) is 2.01. The number of hydrogen-bond donors (Lipinski definition) is 4. The van der Waals surface area contributed by atoms with Crippen LogP contribution in [-0.2, 0) is 0 Å². The number of nitrogens with two attached hydrogens (primary N) is 1. The van der Waals surface area contributed by atoms with Crippen LogP contribution < -0.4 is 5.73 Å². The molecule has 1 fully saturated rings. The summed E-state index contributed by atoms with van der Waals surface area (Å²) in [6, 6.07) is 0. The molecule has 100 valence electrons. The summed E-state index contributed by atoms with van der Waals surface area (Å²) >= 11 is 1.43. The van der Waals surface area contributed by atoms with E-state index in [9.17, 15) is 10.2 Å². The highest BCUT2D eigenvalue weighted by Gasteiger charge is 2.35. The van der Waals surface area contributed by atoms with Crippen LogP contribution in [0.3, 0.4) is 0 Å². The van der Waals surface area contributed by atoms with Gasteiger partial charge in [0.1, 0.15) is 0 Å². The van der Waals surface area contributed by atoms with Crippen LogP contribution >= 0.6 is 11.8 Å². The lowest BCUT2D eigenvalue weighted by molar-refractivity contribution is -0.0565. The average molecular weight is 262 g/mol. The van der Waals surface area contributed by atoms with Crippen molar-refractivity contribution in [1.29, 1.82) is 0 Å². The zero-order chi connectivity index (χ0) is 12.8. The van der Waals surface area contributed by atoms with Crippen LogP contribution in [0.25, 0.3) is 0 Å². The number of aliphatic hydroxyl groups excluding tert-OH is 3. The molecule has 1 aliphatic rings. The third kappa shape index (κ3) is 4.46. The lowest BCUT2D eigenvalue weighted by Crippen LogP contribution is -2.44. The topological polar surface area (TPSA) is 99.1 Å². The third-order valence-electron chi connectivity index (χ3n) is 2.96. The predicted molar refractivity (Wildman–Crippen MR) is 70.0 cm³/mol. The van der Waals surface area contributed by atoms with Crippen LogP contribution in [-0.4, -0.2) is 51.1 Å². The molecule has 0 heterocycles. The van der Waals surface area contributed by atoms with Gasteiger partial charge in [0.05, 0.1) is 12.2 Å². The van der Waals surface area contributed by atoms with E-state index in [-0.39, 0.29) is 17.8 Å². The Morgan fingerprint density at radius 1 is 1.41 bits per heavy atom. The van der Waals surface area contributed by atoms with Crippen molar-refractivity contribution < 1.29 is 15.3 Å². The molecule has 1 saturated carbocycles. The number of rotatable bonds is 4. The molecule has 6 heteroatoms. The summed E-state index contributed by atoms with van der Waals surface area (Å²) in [6.45, 7) is 2.63. The van der Waals surface area contributed by atoms with Crippen molar-refractivity contribution in [2.45, 2.75) is 43.6 Å². The van der Waals surface area contributed by atoms with Crippen LogP contribution in [0.1, 0.15) is 26.2 Å². The van der Waals surface area contributed by atoms with Gasteiger partial charge < -0.3 is 21.1 Å². The second-order valence-electron chi connectivity index (χ2n) is 4.43. The molecule has 17 heavy (non-hydrogen) atoms. The third-order valence-corrected chi connectivity index (χ3v) is 4.05. The van der Waals surface area contributed by atoms with Gasteiger partial charge in [0.25, 0.3) is 0 Å². The van der Waals surface area contributed by atoms with E-state index in [1.165, 1.54) is 11.8 Å². The second-order valence-corrected chi connectivity index (χ2v) is 5.75. The van der Waals surface area contributed by atoms with Crippen molar-refractivity contribution in [3.8, 4) is 0 Å². The summed E-state index contributed by atoms with van der Waals surface area (Å²) in [4.78, 5) is 4.18. The zero-order valence-corrected chi connectivity index (χ0v) is 10.9. The normalized spacial score (nSPS) is 34.9. The van der Waals surface area contributed by atoms with Gasteiger partial charge in [0, 0.05) is 24.3 Å². The smallest absolute Gasteiger partial charge is 0.154 e. The molecule has 0 saturated heterocycles. The fourth-order valence-corrected chi connectivity index (χ4v) is 3.15. The van der Waals surface area contributed by atoms with Gasteiger partial charge in [0.15, 0.2) is 5.17 Å². The maximum atomic E-state index is 9.68. The van der Waals surface area contributed by atoms with Crippen LogP contribution in [0.2, 0.25) is 0 Å². The van der Waals surface area contributed by atoms with Gasteiger partial charge in [0.2, 0.25) is 0 Å². The largest absolute Gasteiger partial charge is 0.396 e. The summed E-state index contributed by atoms with van der Waals surface area (Å²) in [5.41, 5.74) is 5.76. The molecule has 0 aromatic rings. The summed E-state index contributed by atoms with van der Waals surface area (Å²) < 4.78 is 0. The standard InChI is InChI=1S/C11H22N2O3S/c1-2-3-13-11(12)17-8-4-7(6-14)10(16)9(15)5-8/h7-10,14-16H,2-6H2,1H3,(H2,12,13)/t7-,8+,9-,10-/m1/s1. The minimum atomic E-state index is -0.828. The SMILES string of the molecule is CCCN=C(N)S[C@H]1C[C@H](CO)[C@@H](O)[C@H](O)C1. The molecule has 5 N–H and O–H groups in total. The molecule has 4 atom stereocenters. The Morgan fingerprint density at radius 2 is 2.12 bits per heavy atom. The number of aliphatic imine (C=N–C) groups is 1. The van der Waals surface area contributed by atoms with Crippen molar-refractivity contribution in [3.63, 3.8) is 0 Å². The molecule has 0 unspecified atom stereocenters. The fraction of sp³-hybridized carbons (Fsp3) is 0.909. The van der Waals surface area contributed by atoms with Gasteiger partial charge in [-0.25, -0.2) is 0 Å². The number of aliphatic hydroxyl groups is 3. The Bertz CT molecular complexity index is 263. The zero-order valence-electron chi connectivity index (χ0n) is 10.1. The second kappa shape index (κ2) is 7.20. The monoisotopic (exact) mass is 262 g/mol. The van der Waals surface area contributed by atoms with Crippen molar-refractivity contribution in [2.24, 2.45) is 16.6 Å². The quantitative estimate of drug-likeness (QED) is 0.420. The first kappa shape index (κ1) is 14.8.